The van der Waals surface area contributed by atoms with Crippen molar-refractivity contribution < 1.29 is 4.68 Å². The predicted molar refractivity (Wildman–Crippen MR) is 159 cm³/mol. The van der Waals surface area contributed by atoms with Crippen molar-refractivity contribution in [3.8, 4) is 0 Å². The highest BCUT2D eigenvalue weighted by Crippen LogP contribution is 2.30. The molecule has 0 aromatic heterocycles. The monoisotopic (exact) mass is 487 g/mol. The predicted octanol–water partition coefficient (Wildman–Crippen LogP) is 7.63. The number of nitrogens with one attached hydrogen (secondary N) is 2. The Hall–Kier alpha value is -3.24. The summed E-state index contributed by atoms with van der Waals surface area (Å²) in [4.78, 5) is 0. The van der Waals surface area contributed by atoms with Gasteiger partial charge in [0.15, 0.2) is 0 Å². The van der Waals surface area contributed by atoms with Crippen molar-refractivity contribution in [2.45, 2.75) is 67.2 Å². The lowest BCUT2D eigenvalue weighted by atomic mass is 9.91. The van der Waals surface area contributed by atoms with Crippen LogP contribution in [0.4, 0.5) is 0 Å². The number of rotatable bonds is 10. The summed E-state index contributed by atoms with van der Waals surface area (Å²) in [6.07, 6.45) is 23.2. The second kappa shape index (κ2) is 15.7. The van der Waals surface area contributed by atoms with Gasteiger partial charge in [-0.1, -0.05) is 81.8 Å². The fraction of sp³-hybridized carbons (Fsp3) is 0.375. The van der Waals surface area contributed by atoms with Gasteiger partial charge in [-0.3, -0.25) is 0 Å². The molecule has 4 nitrogen and oxygen atoms in total. The minimum atomic E-state index is 0.466. The van der Waals surface area contributed by atoms with Crippen molar-refractivity contribution in [1.29, 1.82) is 5.41 Å². The van der Waals surface area contributed by atoms with Gasteiger partial charge in [-0.15, -0.1) is 0 Å². The van der Waals surface area contributed by atoms with Crippen LogP contribution in [0.5, 0.6) is 0 Å². The van der Waals surface area contributed by atoms with Crippen LogP contribution in [0.25, 0.3) is 0 Å². The fourth-order valence-electron chi connectivity index (χ4n) is 4.29. The first kappa shape index (κ1) is 30.8. The first-order valence-electron chi connectivity index (χ1n) is 13.0. The lowest BCUT2D eigenvalue weighted by Crippen LogP contribution is -2.35. The molecule has 0 saturated carbocycles. The van der Waals surface area contributed by atoms with Crippen molar-refractivity contribution >= 4 is 11.9 Å². The number of hydrogen-bond donors (Lipinski definition) is 3. The second-order valence-electron chi connectivity index (χ2n) is 9.15. The highest BCUT2D eigenvalue weighted by atomic mass is 15.4. The molecular weight excluding hydrogens is 440 g/mol. The van der Waals surface area contributed by atoms with Crippen LogP contribution in [0.3, 0.4) is 0 Å². The van der Waals surface area contributed by atoms with Gasteiger partial charge >= 0.3 is 0 Å². The van der Waals surface area contributed by atoms with Crippen LogP contribution < -0.4 is 11.2 Å². The average Bonchev–Trinajstić information content (AvgIpc) is 2.87. The molecular formula is C32H47N4+. The quantitative estimate of drug-likeness (QED) is 0.168. The molecule has 4 N–H and O–H groups in total. The molecule has 0 fully saturated rings. The van der Waals surface area contributed by atoms with E-state index in [2.05, 4.69) is 113 Å². The van der Waals surface area contributed by atoms with E-state index in [1.165, 1.54) is 24.4 Å². The summed E-state index contributed by atoms with van der Waals surface area (Å²) >= 11 is 0. The first-order valence-corrected chi connectivity index (χ1v) is 13.0. The summed E-state index contributed by atoms with van der Waals surface area (Å²) in [6.45, 7) is 21.2. The van der Waals surface area contributed by atoms with Gasteiger partial charge in [0.25, 0.3) is 0 Å². The van der Waals surface area contributed by atoms with Gasteiger partial charge in [0.05, 0.1) is 11.1 Å². The van der Waals surface area contributed by atoms with E-state index in [-0.39, 0.29) is 0 Å². The van der Waals surface area contributed by atoms with Crippen LogP contribution in [0.15, 0.2) is 107 Å². The van der Waals surface area contributed by atoms with Gasteiger partial charge < -0.3 is 11.1 Å². The molecule has 36 heavy (non-hydrogen) atoms. The van der Waals surface area contributed by atoms with E-state index in [0.717, 1.165) is 59.4 Å². The summed E-state index contributed by atoms with van der Waals surface area (Å²) < 4.78 is 2.06. The molecule has 4 heteroatoms. The first-order chi connectivity index (χ1) is 17.3. The number of allylic oxidation sites excluding steroid dienone is 13. The van der Waals surface area contributed by atoms with Crippen LogP contribution in [-0.4, -0.2) is 23.7 Å². The van der Waals surface area contributed by atoms with E-state index in [0.29, 0.717) is 11.5 Å². The topological polar surface area (TPSA) is 64.9 Å². The van der Waals surface area contributed by atoms with Crippen molar-refractivity contribution in [2.75, 3.05) is 7.05 Å². The van der Waals surface area contributed by atoms with Gasteiger partial charge in [-0.05, 0) is 74.1 Å². The molecule has 2 heterocycles. The molecule has 0 aromatic rings. The Kier molecular flexibility index (Phi) is 13.4. The molecule has 0 amide bonds. The third-order valence-corrected chi connectivity index (χ3v) is 6.23. The van der Waals surface area contributed by atoms with E-state index in [4.69, 9.17) is 5.41 Å². The summed E-state index contributed by atoms with van der Waals surface area (Å²) in [5.41, 5.74) is 17.6. The van der Waals surface area contributed by atoms with Gasteiger partial charge in [0, 0.05) is 18.7 Å². The number of unbranched alkanes of at least 4 members (excludes halogenated alkanes) is 1. The lowest BCUT2D eigenvalue weighted by Gasteiger charge is -2.22. The molecule has 0 saturated heterocycles. The van der Waals surface area contributed by atoms with Gasteiger partial charge in [-0.2, -0.15) is 5.43 Å². The summed E-state index contributed by atoms with van der Waals surface area (Å²) in [5.74, 6) is 0.466. The fourth-order valence-corrected chi connectivity index (χ4v) is 4.29. The number of hydrazine groups is 1. The largest absolute Gasteiger partial charge is 0.333 e. The Morgan fingerprint density at radius 3 is 2.47 bits per heavy atom. The van der Waals surface area contributed by atoms with Crippen molar-refractivity contribution in [3.63, 3.8) is 0 Å². The standard InChI is InChI=1S/C31H42N3.CH5N/c1-9-12-13-15-23(5)27(11-3)19-30-29(18-22(4)14-10-2)28-17-16-24(6)31(25(7)20-32)26(8)34(21-28)33-30;1-2/h11,13,15-22,32-33H,3,7,9-10,12,14H2,1-2,4-6,8H3;2H2,1H3/q+1;/b15-13-,17-16+,24-16?,27-23+,28-17?,29-18-,30-19+,31-24-,31-26?,32-20?,34-26+;. The summed E-state index contributed by atoms with van der Waals surface area (Å²) in [7, 11) is 1.50. The average molecular weight is 488 g/mol. The SMILES string of the molecule is C=CC(/C=C1/N/[N+]2=C(C)/C(C(=C)C=N)=C(C)\C=C\C(=C2)/C1=C/C(C)CCC)=C(C)\C=C/CCC.CN. The van der Waals surface area contributed by atoms with Crippen LogP contribution in [0, 0.1) is 11.3 Å². The summed E-state index contributed by atoms with van der Waals surface area (Å²) in [6, 6.07) is 0. The number of hydrazone groups is 1. The second-order valence-corrected chi connectivity index (χ2v) is 9.15. The third kappa shape index (κ3) is 8.17. The molecule has 1 unspecified atom stereocenters. The molecule has 0 aliphatic carbocycles. The van der Waals surface area contributed by atoms with E-state index < -0.39 is 0 Å². The van der Waals surface area contributed by atoms with Gasteiger partial charge in [0.1, 0.15) is 5.70 Å². The molecule has 0 aromatic carbocycles. The Labute approximate surface area is 219 Å². The van der Waals surface area contributed by atoms with Crippen molar-refractivity contribution in [2.24, 2.45) is 11.7 Å². The third-order valence-electron chi connectivity index (χ3n) is 6.23. The Bertz CT molecular complexity index is 1080. The van der Waals surface area contributed by atoms with Crippen molar-refractivity contribution in [1.82, 2.24) is 5.43 Å². The molecule has 194 valence electrons. The zero-order valence-electron chi connectivity index (χ0n) is 23.5. The number of nitrogens with zero attached hydrogens (tertiary/aromatic N) is 1. The Morgan fingerprint density at radius 2 is 1.89 bits per heavy atom. The van der Waals surface area contributed by atoms with Gasteiger partial charge in [-0.25, -0.2) is 0 Å². The van der Waals surface area contributed by atoms with E-state index in [1.807, 2.05) is 6.08 Å². The molecule has 2 rings (SSSR count). The maximum Gasteiger partial charge on any atom is 0.217 e. The maximum absolute atomic E-state index is 7.76. The van der Waals surface area contributed by atoms with E-state index in [1.54, 1.807) is 0 Å². The normalized spacial score (nSPS) is 24.1. The highest BCUT2D eigenvalue weighted by molar-refractivity contribution is 6.06. The maximum atomic E-state index is 7.76. The van der Waals surface area contributed by atoms with Crippen molar-refractivity contribution in [3.05, 3.63) is 107 Å². The van der Waals surface area contributed by atoms with Crippen LogP contribution in [0.1, 0.15) is 67.2 Å². The Balaban J connectivity index is 0.00000316. The number of hydrogen-bond acceptors (Lipinski definition) is 3. The van der Waals surface area contributed by atoms with Crippen LogP contribution >= 0.6 is 0 Å². The number of nitrogens with two attached hydrogens (primary N) is 1. The molecule has 1 atom stereocenters. The molecule has 2 aliphatic rings. The number of fused-ring (bicyclic) bond motifs is 1. The molecule has 2 bridgehead atoms. The Morgan fingerprint density at radius 1 is 1.19 bits per heavy atom. The smallest absolute Gasteiger partial charge is 0.217 e. The molecule has 0 radical (unpaired) electrons. The van der Waals surface area contributed by atoms with E-state index >= 15 is 0 Å². The summed E-state index contributed by atoms with van der Waals surface area (Å²) in [5, 5.41) is 7.76. The zero-order valence-corrected chi connectivity index (χ0v) is 23.5. The zero-order chi connectivity index (χ0) is 27.3. The van der Waals surface area contributed by atoms with Crippen LogP contribution in [0.2, 0.25) is 0 Å². The van der Waals surface area contributed by atoms with Crippen LogP contribution in [-0.2, 0) is 0 Å². The van der Waals surface area contributed by atoms with Gasteiger partial charge in [0.2, 0.25) is 11.9 Å². The molecule has 2 aliphatic heterocycles. The van der Waals surface area contributed by atoms with E-state index in [9.17, 15) is 0 Å². The lowest BCUT2D eigenvalue weighted by molar-refractivity contribution is -0.516. The molecule has 0 spiro atoms. The highest BCUT2D eigenvalue weighted by Gasteiger charge is 2.28. The minimum absolute atomic E-state index is 0.466. The minimum Gasteiger partial charge on any atom is -0.333 e.